The van der Waals surface area contributed by atoms with Gasteiger partial charge in [0.2, 0.25) is 0 Å². The summed E-state index contributed by atoms with van der Waals surface area (Å²) < 4.78 is 16.5. The number of methoxy groups -OCH3 is 2. The van der Waals surface area contributed by atoms with Gasteiger partial charge in [-0.05, 0) is 48.9 Å². The summed E-state index contributed by atoms with van der Waals surface area (Å²) in [4.78, 5) is 4.45. The third-order valence-corrected chi connectivity index (χ3v) is 4.73. The number of nitrogens with two attached hydrogens (primary N) is 1. The Morgan fingerprint density at radius 3 is 2.61 bits per heavy atom. The van der Waals surface area contributed by atoms with Crippen LogP contribution in [-0.4, -0.2) is 33.3 Å². The van der Waals surface area contributed by atoms with Gasteiger partial charge >= 0.3 is 0 Å². The highest BCUT2D eigenvalue weighted by atomic mass is 16.5. The van der Waals surface area contributed by atoms with Crippen molar-refractivity contribution in [3.8, 4) is 17.2 Å². The van der Waals surface area contributed by atoms with Gasteiger partial charge in [0.1, 0.15) is 5.75 Å². The Labute approximate surface area is 166 Å². The average molecular weight is 383 g/mol. The van der Waals surface area contributed by atoms with Crippen molar-refractivity contribution in [3.63, 3.8) is 0 Å². The van der Waals surface area contributed by atoms with Crippen molar-refractivity contribution < 1.29 is 14.2 Å². The summed E-state index contributed by atoms with van der Waals surface area (Å²) in [7, 11) is 3.27. The minimum absolute atomic E-state index is 0.428. The fraction of sp³-hybridized carbons (Fsp3) is 0.409. The molecular formula is C22H29N3O3. The molecule has 0 heterocycles. The molecule has 28 heavy (non-hydrogen) atoms. The standard InChI is InChI=1S/C22H29N3O3/c1-26-20-10-9-16(13-21(20)27-2)11-12-24-22(23)25-14-18-5-3-4-6-19(18)28-15-17-7-8-17/h3-6,9-10,13,17H,7-8,11-12,14-15H2,1-2H3,(H3,23,24,25). The molecule has 150 valence electrons. The highest BCUT2D eigenvalue weighted by molar-refractivity contribution is 5.77. The number of nitrogens with one attached hydrogen (secondary N) is 1. The van der Waals surface area contributed by atoms with Crippen molar-refractivity contribution in [2.75, 3.05) is 27.4 Å². The molecule has 0 aliphatic heterocycles. The molecule has 0 spiro atoms. The van der Waals surface area contributed by atoms with Crippen molar-refractivity contribution in [1.29, 1.82) is 0 Å². The van der Waals surface area contributed by atoms with Crippen LogP contribution in [-0.2, 0) is 13.0 Å². The molecule has 6 heteroatoms. The second-order valence-corrected chi connectivity index (χ2v) is 6.93. The van der Waals surface area contributed by atoms with Crippen molar-refractivity contribution in [3.05, 3.63) is 53.6 Å². The highest BCUT2D eigenvalue weighted by Gasteiger charge is 2.22. The number of rotatable bonds is 10. The summed E-state index contributed by atoms with van der Waals surface area (Å²) in [6.45, 7) is 1.97. The van der Waals surface area contributed by atoms with Gasteiger partial charge in [-0.3, -0.25) is 0 Å². The molecule has 0 amide bonds. The largest absolute Gasteiger partial charge is 0.493 e. The van der Waals surface area contributed by atoms with E-state index < -0.39 is 0 Å². The van der Waals surface area contributed by atoms with E-state index in [1.54, 1.807) is 14.2 Å². The number of para-hydroxylation sites is 1. The Bertz CT molecular complexity index is 803. The SMILES string of the molecule is COc1ccc(CCNC(N)=NCc2ccccc2OCC2CC2)cc1OC. The topological polar surface area (TPSA) is 78.1 Å². The Balaban J connectivity index is 1.48. The first-order valence-corrected chi connectivity index (χ1v) is 9.65. The molecule has 1 aliphatic rings. The summed E-state index contributed by atoms with van der Waals surface area (Å²) in [6.07, 6.45) is 3.35. The third kappa shape index (κ3) is 5.81. The van der Waals surface area contributed by atoms with E-state index in [0.717, 1.165) is 47.3 Å². The highest BCUT2D eigenvalue weighted by Crippen LogP contribution is 2.30. The minimum Gasteiger partial charge on any atom is -0.493 e. The molecule has 3 N–H and O–H groups in total. The van der Waals surface area contributed by atoms with Crippen LogP contribution >= 0.6 is 0 Å². The number of aliphatic imine (C=N–C) groups is 1. The lowest BCUT2D eigenvalue weighted by Crippen LogP contribution is -2.33. The normalized spacial score (nSPS) is 13.9. The van der Waals surface area contributed by atoms with Gasteiger partial charge in [0.25, 0.3) is 0 Å². The summed E-state index contributed by atoms with van der Waals surface area (Å²) in [5, 5.41) is 3.16. The van der Waals surface area contributed by atoms with Crippen LogP contribution in [0.3, 0.4) is 0 Å². The predicted octanol–water partition coefficient (Wildman–Crippen LogP) is 3.14. The predicted molar refractivity (Wildman–Crippen MR) is 111 cm³/mol. The third-order valence-electron chi connectivity index (χ3n) is 4.73. The van der Waals surface area contributed by atoms with E-state index >= 15 is 0 Å². The zero-order valence-electron chi connectivity index (χ0n) is 16.6. The lowest BCUT2D eigenvalue weighted by atomic mass is 10.1. The summed E-state index contributed by atoms with van der Waals surface area (Å²) >= 11 is 0. The number of benzene rings is 2. The molecule has 3 rings (SSSR count). The van der Waals surface area contributed by atoms with E-state index in [9.17, 15) is 0 Å². The van der Waals surface area contributed by atoms with Gasteiger partial charge in [-0.25, -0.2) is 4.99 Å². The molecule has 2 aromatic rings. The zero-order valence-corrected chi connectivity index (χ0v) is 16.6. The number of hydrogen-bond acceptors (Lipinski definition) is 4. The molecule has 1 saturated carbocycles. The minimum atomic E-state index is 0.428. The summed E-state index contributed by atoms with van der Waals surface area (Å²) in [6, 6.07) is 13.9. The van der Waals surface area contributed by atoms with Crippen LogP contribution in [0, 0.1) is 5.92 Å². The van der Waals surface area contributed by atoms with Crippen molar-refractivity contribution in [2.45, 2.75) is 25.8 Å². The maximum absolute atomic E-state index is 6.02. The van der Waals surface area contributed by atoms with Gasteiger partial charge in [-0.1, -0.05) is 24.3 Å². The maximum Gasteiger partial charge on any atom is 0.188 e. The van der Waals surface area contributed by atoms with Crippen LogP contribution in [0.25, 0.3) is 0 Å². The second-order valence-electron chi connectivity index (χ2n) is 6.93. The molecule has 0 radical (unpaired) electrons. The molecule has 0 atom stereocenters. The first-order valence-electron chi connectivity index (χ1n) is 9.65. The van der Waals surface area contributed by atoms with E-state index in [1.807, 2.05) is 42.5 Å². The van der Waals surface area contributed by atoms with Crippen molar-refractivity contribution in [2.24, 2.45) is 16.6 Å². The molecule has 0 aromatic heterocycles. The first-order chi connectivity index (χ1) is 13.7. The molecule has 2 aromatic carbocycles. The van der Waals surface area contributed by atoms with Gasteiger partial charge < -0.3 is 25.3 Å². The summed E-state index contributed by atoms with van der Waals surface area (Å²) in [5.41, 5.74) is 8.21. The monoisotopic (exact) mass is 383 g/mol. The van der Waals surface area contributed by atoms with Crippen molar-refractivity contribution >= 4 is 5.96 Å². The van der Waals surface area contributed by atoms with Gasteiger partial charge in [0.05, 0.1) is 27.4 Å². The van der Waals surface area contributed by atoms with Gasteiger partial charge in [-0.2, -0.15) is 0 Å². The van der Waals surface area contributed by atoms with E-state index in [1.165, 1.54) is 12.8 Å². The fourth-order valence-corrected chi connectivity index (χ4v) is 2.86. The van der Waals surface area contributed by atoms with Crippen LogP contribution in [0.1, 0.15) is 24.0 Å². The second kappa shape index (κ2) is 9.88. The van der Waals surface area contributed by atoms with Gasteiger partial charge in [-0.15, -0.1) is 0 Å². The molecule has 0 unspecified atom stereocenters. The number of nitrogens with zero attached hydrogens (tertiary/aromatic N) is 1. The molecular weight excluding hydrogens is 354 g/mol. The van der Waals surface area contributed by atoms with Crippen LogP contribution in [0.5, 0.6) is 17.2 Å². The smallest absolute Gasteiger partial charge is 0.188 e. The average Bonchev–Trinajstić information content (AvgIpc) is 3.55. The molecule has 6 nitrogen and oxygen atoms in total. The number of guanidine groups is 1. The molecule has 1 aliphatic carbocycles. The van der Waals surface area contributed by atoms with E-state index in [0.29, 0.717) is 19.0 Å². The molecule has 0 saturated heterocycles. The van der Waals surface area contributed by atoms with Crippen molar-refractivity contribution in [1.82, 2.24) is 5.32 Å². The Kier molecular flexibility index (Phi) is 7.00. The van der Waals surface area contributed by atoms with Gasteiger partial charge in [0, 0.05) is 12.1 Å². The Morgan fingerprint density at radius 1 is 1.07 bits per heavy atom. The molecule has 0 bridgehead atoms. The number of hydrogen-bond donors (Lipinski definition) is 2. The Hall–Kier alpha value is -2.89. The Morgan fingerprint density at radius 2 is 1.86 bits per heavy atom. The van der Waals surface area contributed by atoms with Crippen LogP contribution in [0.15, 0.2) is 47.5 Å². The summed E-state index contributed by atoms with van der Waals surface area (Å²) in [5.74, 6) is 3.50. The van der Waals surface area contributed by atoms with Crippen LogP contribution < -0.4 is 25.3 Å². The fourth-order valence-electron chi connectivity index (χ4n) is 2.86. The van der Waals surface area contributed by atoms with Gasteiger partial charge in [0.15, 0.2) is 17.5 Å². The van der Waals surface area contributed by atoms with Crippen LogP contribution in [0.4, 0.5) is 0 Å². The lowest BCUT2D eigenvalue weighted by molar-refractivity contribution is 0.297. The zero-order chi connectivity index (χ0) is 19.8. The first kappa shape index (κ1) is 19.9. The molecule has 1 fully saturated rings. The lowest BCUT2D eigenvalue weighted by Gasteiger charge is -2.11. The van der Waals surface area contributed by atoms with Crippen LogP contribution in [0.2, 0.25) is 0 Å². The van der Waals surface area contributed by atoms with E-state index in [-0.39, 0.29) is 0 Å². The maximum atomic E-state index is 6.02. The quantitative estimate of drug-likeness (QED) is 0.487. The number of ether oxygens (including phenoxy) is 3. The van der Waals surface area contributed by atoms with E-state index in [2.05, 4.69) is 10.3 Å². The van der Waals surface area contributed by atoms with E-state index in [4.69, 9.17) is 19.9 Å².